The minimum Gasteiger partial charge on any atom is -0.504 e. The lowest BCUT2D eigenvalue weighted by molar-refractivity contribution is 0.0909. The first kappa shape index (κ1) is 27.1. The minimum atomic E-state index is -0.130. The second kappa shape index (κ2) is 11.7. The van der Waals surface area contributed by atoms with Gasteiger partial charge >= 0.3 is 0 Å². The van der Waals surface area contributed by atoms with Gasteiger partial charge in [-0.15, -0.1) is 0 Å². The maximum Gasteiger partial charge on any atom is 0.251 e. The predicted octanol–water partition coefficient (Wildman–Crippen LogP) is 7.45. The molecule has 0 saturated carbocycles. The van der Waals surface area contributed by atoms with Crippen molar-refractivity contribution in [1.82, 2.24) is 10.2 Å². The number of piperidine rings is 1. The zero-order valence-corrected chi connectivity index (χ0v) is 23.2. The van der Waals surface area contributed by atoms with Crippen LogP contribution in [0.1, 0.15) is 47.0 Å². The van der Waals surface area contributed by atoms with Crippen molar-refractivity contribution in [1.29, 1.82) is 0 Å². The SMILES string of the molecule is C=C(C)c1oc2cccc(OCc3cccc(CN4CCC(NC(=O)c5ccc(Cl)c(Cl)c5)CC4)c3)c2c1O. The number of furan rings is 1. The summed E-state index contributed by atoms with van der Waals surface area (Å²) in [5, 5.41) is 15.1. The molecule has 0 spiro atoms. The highest BCUT2D eigenvalue weighted by Crippen LogP contribution is 2.41. The fraction of sp³-hybridized carbons (Fsp3) is 0.258. The molecule has 8 heteroatoms. The highest BCUT2D eigenvalue weighted by Gasteiger charge is 2.22. The van der Waals surface area contributed by atoms with Gasteiger partial charge in [0.05, 0.1) is 10.0 Å². The lowest BCUT2D eigenvalue weighted by atomic mass is 10.0. The number of likely N-dealkylation sites (tertiary alicyclic amines) is 1. The number of rotatable bonds is 8. The number of aromatic hydroxyl groups is 1. The van der Waals surface area contributed by atoms with Crippen molar-refractivity contribution in [3.05, 3.63) is 99.7 Å². The quantitative estimate of drug-likeness (QED) is 0.232. The van der Waals surface area contributed by atoms with Crippen molar-refractivity contribution in [3.63, 3.8) is 0 Å². The van der Waals surface area contributed by atoms with E-state index in [2.05, 4.69) is 28.9 Å². The third-order valence-corrected chi connectivity index (χ3v) is 7.68. The Morgan fingerprint density at radius 1 is 1.08 bits per heavy atom. The molecule has 0 aliphatic carbocycles. The molecule has 39 heavy (non-hydrogen) atoms. The summed E-state index contributed by atoms with van der Waals surface area (Å²) >= 11 is 12.0. The molecule has 0 bridgehead atoms. The number of hydrogen-bond acceptors (Lipinski definition) is 5. The molecular formula is C31H30Cl2N2O4. The number of fused-ring (bicyclic) bond motifs is 1. The van der Waals surface area contributed by atoms with Gasteiger partial charge in [-0.1, -0.05) is 60.1 Å². The zero-order valence-electron chi connectivity index (χ0n) is 21.7. The molecule has 202 valence electrons. The maximum atomic E-state index is 12.6. The van der Waals surface area contributed by atoms with E-state index in [1.54, 1.807) is 31.2 Å². The molecule has 0 unspecified atom stereocenters. The number of amides is 1. The van der Waals surface area contributed by atoms with Crippen LogP contribution in [-0.2, 0) is 13.2 Å². The summed E-state index contributed by atoms with van der Waals surface area (Å²) in [6.45, 7) is 8.63. The largest absolute Gasteiger partial charge is 0.504 e. The molecule has 2 heterocycles. The maximum absolute atomic E-state index is 12.6. The molecule has 1 aromatic heterocycles. The Bertz CT molecular complexity index is 1520. The first-order chi connectivity index (χ1) is 18.8. The van der Waals surface area contributed by atoms with E-state index in [1.165, 1.54) is 5.56 Å². The molecule has 1 fully saturated rings. The van der Waals surface area contributed by atoms with Gasteiger partial charge in [-0.25, -0.2) is 0 Å². The van der Waals surface area contributed by atoms with Crippen molar-refractivity contribution in [2.24, 2.45) is 0 Å². The molecule has 2 N–H and O–H groups in total. The number of carbonyl (C=O) groups excluding carboxylic acids is 1. The van der Waals surface area contributed by atoms with Crippen molar-refractivity contribution in [2.45, 2.75) is 39.0 Å². The van der Waals surface area contributed by atoms with Crippen molar-refractivity contribution in [2.75, 3.05) is 13.1 Å². The van der Waals surface area contributed by atoms with Crippen LogP contribution < -0.4 is 10.1 Å². The molecule has 1 aliphatic rings. The topological polar surface area (TPSA) is 74.9 Å². The summed E-state index contributed by atoms with van der Waals surface area (Å²) in [5.74, 6) is 0.866. The lowest BCUT2D eigenvalue weighted by Crippen LogP contribution is -2.44. The van der Waals surface area contributed by atoms with E-state index < -0.39 is 0 Å². The first-order valence-corrected chi connectivity index (χ1v) is 13.6. The standard InChI is InChI=1S/C31H30Cl2N2O4/c1-19(2)30-29(36)28-26(7-4-8-27(28)39-30)38-18-21-6-3-5-20(15-21)17-35-13-11-23(12-14-35)34-31(37)22-9-10-24(32)25(33)16-22/h3-10,15-16,23,36H,1,11-14,17-18H2,2H3,(H,34,37). The number of carbonyl (C=O) groups is 1. The highest BCUT2D eigenvalue weighted by molar-refractivity contribution is 6.42. The number of benzene rings is 3. The zero-order chi connectivity index (χ0) is 27.5. The second-order valence-electron chi connectivity index (χ2n) is 9.95. The first-order valence-electron chi connectivity index (χ1n) is 12.9. The predicted molar refractivity (Wildman–Crippen MR) is 156 cm³/mol. The molecule has 6 nitrogen and oxygen atoms in total. The summed E-state index contributed by atoms with van der Waals surface area (Å²) in [4.78, 5) is 15.0. The Balaban J connectivity index is 1.15. The van der Waals surface area contributed by atoms with Gasteiger partial charge in [-0.2, -0.15) is 0 Å². The number of hydrogen-bond donors (Lipinski definition) is 2. The molecule has 0 atom stereocenters. The Labute approximate surface area is 237 Å². The van der Waals surface area contributed by atoms with Crippen LogP contribution in [0.4, 0.5) is 0 Å². The smallest absolute Gasteiger partial charge is 0.251 e. The van der Waals surface area contributed by atoms with E-state index in [0.717, 1.165) is 38.0 Å². The molecule has 1 amide bonds. The van der Waals surface area contributed by atoms with Crippen LogP contribution in [0.2, 0.25) is 10.0 Å². The van der Waals surface area contributed by atoms with E-state index >= 15 is 0 Å². The minimum absolute atomic E-state index is 0.0541. The molecule has 0 radical (unpaired) electrons. The van der Waals surface area contributed by atoms with Crippen LogP contribution in [0.5, 0.6) is 11.5 Å². The summed E-state index contributed by atoms with van der Waals surface area (Å²) in [6.07, 6.45) is 1.75. The van der Waals surface area contributed by atoms with Crippen LogP contribution in [0.15, 0.2) is 71.7 Å². The monoisotopic (exact) mass is 564 g/mol. The molecular weight excluding hydrogens is 535 g/mol. The number of ether oxygens (including phenoxy) is 1. The normalized spacial score (nSPS) is 14.4. The summed E-state index contributed by atoms with van der Waals surface area (Å²) in [6, 6.07) is 18.8. The number of allylic oxidation sites excluding steroid dienone is 1. The van der Waals surface area contributed by atoms with Crippen LogP contribution in [0.3, 0.4) is 0 Å². The molecule has 1 aliphatic heterocycles. The summed E-state index contributed by atoms with van der Waals surface area (Å²) in [7, 11) is 0. The Hall–Kier alpha value is -3.45. The molecule has 5 rings (SSSR count). The Morgan fingerprint density at radius 3 is 2.56 bits per heavy atom. The summed E-state index contributed by atoms with van der Waals surface area (Å²) in [5.41, 5.74) is 3.97. The average molecular weight is 565 g/mol. The van der Waals surface area contributed by atoms with Gasteiger partial charge in [-0.05, 0) is 66.8 Å². The lowest BCUT2D eigenvalue weighted by Gasteiger charge is -2.32. The van der Waals surface area contributed by atoms with E-state index in [-0.39, 0.29) is 17.7 Å². The molecule has 4 aromatic rings. The summed E-state index contributed by atoms with van der Waals surface area (Å²) < 4.78 is 11.9. The fourth-order valence-corrected chi connectivity index (χ4v) is 5.19. The van der Waals surface area contributed by atoms with Gasteiger partial charge in [0.1, 0.15) is 23.3 Å². The van der Waals surface area contributed by atoms with Crippen LogP contribution in [0.25, 0.3) is 16.5 Å². The van der Waals surface area contributed by atoms with E-state index in [9.17, 15) is 9.90 Å². The van der Waals surface area contributed by atoms with Crippen molar-refractivity contribution >= 4 is 45.7 Å². The average Bonchev–Trinajstić information content (AvgIpc) is 3.27. The number of halogens is 2. The fourth-order valence-electron chi connectivity index (χ4n) is 4.89. The third kappa shape index (κ3) is 6.25. The van der Waals surface area contributed by atoms with Gasteiger partial charge in [0.25, 0.3) is 5.91 Å². The van der Waals surface area contributed by atoms with Gasteiger partial charge in [-0.3, -0.25) is 9.69 Å². The number of nitrogens with one attached hydrogen (secondary N) is 1. The van der Waals surface area contributed by atoms with Gasteiger partial charge in [0.15, 0.2) is 11.5 Å². The van der Waals surface area contributed by atoms with Gasteiger partial charge < -0.3 is 19.6 Å². The second-order valence-corrected chi connectivity index (χ2v) is 10.8. The van der Waals surface area contributed by atoms with Crippen molar-refractivity contribution < 1.29 is 19.1 Å². The van der Waals surface area contributed by atoms with E-state index in [1.807, 2.05) is 24.3 Å². The van der Waals surface area contributed by atoms with Crippen LogP contribution in [0, 0.1) is 0 Å². The van der Waals surface area contributed by atoms with E-state index in [0.29, 0.717) is 50.3 Å². The Kier molecular flexibility index (Phi) is 8.17. The van der Waals surface area contributed by atoms with E-state index in [4.69, 9.17) is 32.4 Å². The van der Waals surface area contributed by atoms with Gasteiger partial charge in [0.2, 0.25) is 0 Å². The molecule has 1 saturated heterocycles. The van der Waals surface area contributed by atoms with Gasteiger partial charge in [0, 0.05) is 31.2 Å². The third-order valence-electron chi connectivity index (χ3n) is 6.94. The van der Waals surface area contributed by atoms with Crippen molar-refractivity contribution in [3.8, 4) is 11.5 Å². The number of nitrogens with zero attached hydrogens (tertiary/aromatic N) is 1. The van der Waals surface area contributed by atoms with Crippen LogP contribution in [-0.4, -0.2) is 35.0 Å². The molecule has 3 aromatic carbocycles. The Morgan fingerprint density at radius 2 is 1.82 bits per heavy atom. The van der Waals surface area contributed by atoms with Crippen LogP contribution >= 0.6 is 23.2 Å². The highest BCUT2D eigenvalue weighted by atomic mass is 35.5.